The van der Waals surface area contributed by atoms with Crippen LogP contribution in [0.25, 0.3) is 0 Å². The van der Waals surface area contributed by atoms with Gasteiger partial charge >= 0.3 is 12.0 Å². The maximum Gasteiger partial charge on any atom is 0.328 e. The first-order chi connectivity index (χ1) is 9.02. The highest BCUT2D eigenvalue weighted by Crippen LogP contribution is 2.08. The maximum atomic E-state index is 11.7. The number of thiophene rings is 1. The largest absolute Gasteiger partial charge is 0.467 e. The number of carbonyl (C=O) groups excluding carboxylic acids is 2. The van der Waals surface area contributed by atoms with E-state index < -0.39 is 12.0 Å². The van der Waals surface area contributed by atoms with Crippen molar-refractivity contribution < 1.29 is 14.3 Å². The summed E-state index contributed by atoms with van der Waals surface area (Å²) >= 11 is 1.57. The van der Waals surface area contributed by atoms with Crippen LogP contribution in [0.2, 0.25) is 0 Å². The molecule has 1 aromatic rings. The molecule has 0 spiro atoms. The quantitative estimate of drug-likeness (QED) is 0.786. The van der Waals surface area contributed by atoms with Crippen LogP contribution in [0.15, 0.2) is 17.5 Å². The third-order valence-corrected chi connectivity index (χ3v) is 3.38. The second kappa shape index (κ2) is 7.78. The molecule has 1 rings (SSSR count). The minimum absolute atomic E-state index is 0.293. The lowest BCUT2D eigenvalue weighted by Crippen LogP contribution is -2.46. The molecular formula is C13H20N2O3S. The van der Waals surface area contributed by atoms with Gasteiger partial charge in [-0.05, 0) is 23.8 Å². The van der Waals surface area contributed by atoms with E-state index in [0.717, 1.165) is 4.88 Å². The molecule has 5 nitrogen and oxygen atoms in total. The third kappa shape index (κ3) is 5.74. The van der Waals surface area contributed by atoms with Gasteiger partial charge in [0, 0.05) is 4.88 Å². The molecule has 0 aromatic carbocycles. The van der Waals surface area contributed by atoms with Gasteiger partial charge in [0.1, 0.15) is 6.04 Å². The summed E-state index contributed by atoms with van der Waals surface area (Å²) in [6.07, 6.45) is 0.555. The highest BCUT2D eigenvalue weighted by molar-refractivity contribution is 7.09. The van der Waals surface area contributed by atoms with Crippen molar-refractivity contribution in [2.24, 2.45) is 5.92 Å². The average molecular weight is 284 g/mol. The molecule has 0 radical (unpaired) electrons. The summed E-state index contributed by atoms with van der Waals surface area (Å²) in [6, 6.07) is 2.91. The van der Waals surface area contributed by atoms with Gasteiger partial charge in [0.2, 0.25) is 0 Å². The summed E-state index contributed by atoms with van der Waals surface area (Å²) in [4.78, 5) is 24.3. The minimum Gasteiger partial charge on any atom is -0.467 e. The smallest absolute Gasteiger partial charge is 0.328 e. The van der Waals surface area contributed by atoms with Crippen LogP contribution in [-0.4, -0.2) is 25.2 Å². The van der Waals surface area contributed by atoms with Crippen LogP contribution in [0.1, 0.15) is 25.1 Å². The van der Waals surface area contributed by atoms with Crippen LogP contribution in [0.5, 0.6) is 0 Å². The number of amides is 2. The van der Waals surface area contributed by atoms with Crippen molar-refractivity contribution in [1.29, 1.82) is 0 Å². The average Bonchev–Trinajstić information content (AvgIpc) is 2.87. The zero-order valence-electron chi connectivity index (χ0n) is 11.4. The second-order valence-electron chi connectivity index (χ2n) is 4.61. The number of ether oxygens (including phenoxy) is 1. The predicted molar refractivity (Wildman–Crippen MR) is 74.9 cm³/mol. The first-order valence-corrected chi connectivity index (χ1v) is 7.05. The zero-order valence-corrected chi connectivity index (χ0v) is 12.3. The summed E-state index contributed by atoms with van der Waals surface area (Å²) in [6.45, 7) is 4.43. The molecule has 0 aliphatic carbocycles. The molecular weight excluding hydrogens is 264 g/mol. The lowest BCUT2D eigenvalue weighted by molar-refractivity contribution is -0.143. The molecule has 0 bridgehead atoms. The summed E-state index contributed by atoms with van der Waals surface area (Å²) in [7, 11) is 1.32. The van der Waals surface area contributed by atoms with E-state index >= 15 is 0 Å². The number of nitrogens with one attached hydrogen (secondary N) is 2. The third-order valence-electron chi connectivity index (χ3n) is 2.50. The number of methoxy groups -OCH3 is 1. The summed E-state index contributed by atoms with van der Waals surface area (Å²) in [5, 5.41) is 7.31. The van der Waals surface area contributed by atoms with Crippen LogP contribution in [0.3, 0.4) is 0 Å². The number of rotatable bonds is 6. The Hall–Kier alpha value is -1.56. The fourth-order valence-corrected chi connectivity index (χ4v) is 2.26. The van der Waals surface area contributed by atoms with Crippen LogP contribution >= 0.6 is 11.3 Å². The Labute approximate surface area is 117 Å². The van der Waals surface area contributed by atoms with E-state index in [2.05, 4.69) is 15.4 Å². The second-order valence-corrected chi connectivity index (χ2v) is 5.64. The summed E-state index contributed by atoms with van der Waals surface area (Å²) in [5.41, 5.74) is 0. The van der Waals surface area contributed by atoms with E-state index in [4.69, 9.17) is 0 Å². The van der Waals surface area contributed by atoms with Crippen LogP contribution in [0, 0.1) is 5.92 Å². The van der Waals surface area contributed by atoms with Crippen molar-refractivity contribution >= 4 is 23.3 Å². The van der Waals surface area contributed by atoms with Gasteiger partial charge in [-0.2, -0.15) is 0 Å². The molecule has 1 atom stereocenters. The highest BCUT2D eigenvalue weighted by atomic mass is 32.1. The van der Waals surface area contributed by atoms with Gasteiger partial charge < -0.3 is 15.4 Å². The van der Waals surface area contributed by atoms with E-state index in [1.165, 1.54) is 7.11 Å². The number of hydrogen-bond acceptors (Lipinski definition) is 4. The number of carbonyl (C=O) groups is 2. The summed E-state index contributed by atoms with van der Waals surface area (Å²) < 4.78 is 4.69. The Morgan fingerprint density at radius 3 is 2.68 bits per heavy atom. The molecule has 19 heavy (non-hydrogen) atoms. The molecule has 2 amide bonds. The molecule has 6 heteroatoms. The minimum atomic E-state index is -0.603. The summed E-state index contributed by atoms with van der Waals surface area (Å²) in [5.74, 6) is -0.123. The molecule has 0 saturated heterocycles. The first-order valence-electron chi connectivity index (χ1n) is 6.17. The van der Waals surface area contributed by atoms with Gasteiger partial charge in [-0.15, -0.1) is 11.3 Å². The van der Waals surface area contributed by atoms with Crippen LogP contribution in [-0.2, 0) is 16.1 Å². The highest BCUT2D eigenvalue weighted by Gasteiger charge is 2.22. The molecule has 0 unspecified atom stereocenters. The van der Waals surface area contributed by atoms with E-state index in [-0.39, 0.29) is 6.03 Å². The topological polar surface area (TPSA) is 67.4 Å². The first kappa shape index (κ1) is 15.5. The molecule has 1 heterocycles. The zero-order chi connectivity index (χ0) is 14.3. The predicted octanol–water partition coefficient (Wildman–Crippen LogP) is 2.13. The van der Waals surface area contributed by atoms with Crippen molar-refractivity contribution in [3.8, 4) is 0 Å². The van der Waals surface area contributed by atoms with Crippen molar-refractivity contribution in [1.82, 2.24) is 10.6 Å². The Kier molecular flexibility index (Phi) is 6.35. The van der Waals surface area contributed by atoms with Crippen LogP contribution < -0.4 is 10.6 Å². The van der Waals surface area contributed by atoms with Gasteiger partial charge in [-0.25, -0.2) is 9.59 Å². The Balaban J connectivity index is 2.44. The number of hydrogen-bond donors (Lipinski definition) is 2. The standard InChI is InChI=1S/C13H20N2O3S/c1-9(2)7-11(12(16)18-3)15-13(17)14-8-10-5-4-6-19-10/h4-6,9,11H,7-8H2,1-3H3,(H2,14,15,17)/t11-/m0/s1. The van der Waals surface area contributed by atoms with Crippen LogP contribution in [0.4, 0.5) is 4.79 Å². The molecule has 0 fully saturated rings. The molecule has 1 aromatic heterocycles. The van der Waals surface area contributed by atoms with Crippen molar-refractivity contribution in [3.63, 3.8) is 0 Å². The molecule has 0 saturated carbocycles. The van der Waals surface area contributed by atoms with Crippen molar-refractivity contribution in [2.75, 3.05) is 7.11 Å². The fraction of sp³-hybridized carbons (Fsp3) is 0.538. The SMILES string of the molecule is COC(=O)[C@H](CC(C)C)NC(=O)NCc1cccs1. The maximum absolute atomic E-state index is 11.7. The van der Waals surface area contributed by atoms with E-state index in [0.29, 0.717) is 18.9 Å². The van der Waals surface area contributed by atoms with Gasteiger partial charge in [-0.1, -0.05) is 19.9 Å². The van der Waals surface area contributed by atoms with Gasteiger partial charge in [-0.3, -0.25) is 0 Å². The Morgan fingerprint density at radius 1 is 1.42 bits per heavy atom. The number of esters is 1. The Morgan fingerprint density at radius 2 is 2.16 bits per heavy atom. The lowest BCUT2D eigenvalue weighted by Gasteiger charge is -2.18. The van der Waals surface area contributed by atoms with Gasteiger partial charge in [0.05, 0.1) is 13.7 Å². The van der Waals surface area contributed by atoms with E-state index in [1.54, 1.807) is 11.3 Å². The van der Waals surface area contributed by atoms with Gasteiger partial charge in [0.15, 0.2) is 0 Å². The molecule has 0 aliphatic heterocycles. The van der Waals surface area contributed by atoms with E-state index in [1.807, 2.05) is 31.4 Å². The van der Waals surface area contributed by atoms with Crippen molar-refractivity contribution in [3.05, 3.63) is 22.4 Å². The monoisotopic (exact) mass is 284 g/mol. The van der Waals surface area contributed by atoms with E-state index in [9.17, 15) is 9.59 Å². The number of urea groups is 1. The van der Waals surface area contributed by atoms with Gasteiger partial charge in [0.25, 0.3) is 0 Å². The molecule has 0 aliphatic rings. The fourth-order valence-electron chi connectivity index (χ4n) is 1.62. The van der Waals surface area contributed by atoms with Crippen molar-refractivity contribution in [2.45, 2.75) is 32.9 Å². The lowest BCUT2D eigenvalue weighted by atomic mass is 10.0. The normalized spacial score (nSPS) is 12.0. The molecule has 106 valence electrons. The Bertz CT molecular complexity index is 404. The molecule has 2 N–H and O–H groups in total.